The van der Waals surface area contributed by atoms with Gasteiger partial charge in [-0.15, -0.1) is 0 Å². The molecule has 1 amide bonds. The molecule has 0 aliphatic carbocycles. The molecule has 0 bridgehead atoms. The normalized spacial score (nSPS) is 12.6. The summed E-state index contributed by atoms with van der Waals surface area (Å²) >= 11 is 0. The second-order valence-electron chi connectivity index (χ2n) is 9.39. The molecule has 1 aliphatic rings. The molecule has 0 radical (unpaired) electrons. The molecular weight excluding hydrogens is 472 g/mol. The lowest BCUT2D eigenvalue weighted by Crippen LogP contribution is -2.25. The van der Waals surface area contributed by atoms with Crippen molar-refractivity contribution in [3.05, 3.63) is 108 Å². The van der Waals surface area contributed by atoms with E-state index in [2.05, 4.69) is 50.9 Å². The Morgan fingerprint density at radius 3 is 2.61 bits per heavy atom. The van der Waals surface area contributed by atoms with Crippen molar-refractivity contribution in [3.63, 3.8) is 0 Å². The molecular formula is C31H28N6O. The number of hydrogen-bond acceptors (Lipinski definition) is 6. The summed E-state index contributed by atoms with van der Waals surface area (Å²) in [5, 5.41) is 7.18. The third-order valence-corrected chi connectivity index (χ3v) is 6.92. The second kappa shape index (κ2) is 10.4. The lowest BCUT2D eigenvalue weighted by Gasteiger charge is -2.17. The summed E-state index contributed by atoms with van der Waals surface area (Å²) in [6.45, 7) is 1.64. The lowest BCUT2D eigenvalue weighted by molar-refractivity contribution is 0.0945. The monoisotopic (exact) mass is 500 g/mol. The highest BCUT2D eigenvalue weighted by molar-refractivity contribution is 5.94. The van der Waals surface area contributed by atoms with Crippen molar-refractivity contribution in [2.75, 3.05) is 11.9 Å². The minimum atomic E-state index is -0.230. The molecule has 4 N–H and O–H groups in total. The van der Waals surface area contributed by atoms with Crippen LogP contribution in [0.1, 0.15) is 33.7 Å². The summed E-state index contributed by atoms with van der Waals surface area (Å²) in [6.07, 6.45) is 3.79. The van der Waals surface area contributed by atoms with Crippen molar-refractivity contribution in [2.45, 2.75) is 25.9 Å². The number of nitrogens with one attached hydrogen (secondary N) is 2. The highest BCUT2D eigenvalue weighted by Crippen LogP contribution is 2.34. The Hall–Kier alpha value is -4.62. The first kappa shape index (κ1) is 23.8. The van der Waals surface area contributed by atoms with Crippen LogP contribution in [0, 0.1) is 0 Å². The first-order valence-corrected chi connectivity index (χ1v) is 12.8. The van der Waals surface area contributed by atoms with E-state index in [0.29, 0.717) is 12.2 Å². The zero-order valence-corrected chi connectivity index (χ0v) is 20.9. The zero-order valence-electron chi connectivity index (χ0n) is 20.9. The Labute approximate surface area is 221 Å². The molecule has 0 spiro atoms. The Balaban J connectivity index is 1.35. The number of nitrogens with two attached hydrogens (primary N) is 1. The van der Waals surface area contributed by atoms with Crippen molar-refractivity contribution in [3.8, 4) is 22.4 Å². The zero-order chi connectivity index (χ0) is 25.9. The molecule has 1 aliphatic heterocycles. The highest BCUT2D eigenvalue weighted by Gasteiger charge is 2.17. The molecule has 0 saturated carbocycles. The van der Waals surface area contributed by atoms with Gasteiger partial charge in [-0.25, -0.2) is 9.97 Å². The Kier molecular flexibility index (Phi) is 6.50. The number of anilines is 1. The van der Waals surface area contributed by atoms with E-state index in [1.165, 1.54) is 0 Å². The number of carbonyl (C=O) groups is 1. The maximum absolute atomic E-state index is 13.0. The number of rotatable bonds is 6. The van der Waals surface area contributed by atoms with Gasteiger partial charge < -0.3 is 16.4 Å². The van der Waals surface area contributed by atoms with Crippen molar-refractivity contribution in [1.82, 2.24) is 20.3 Å². The van der Waals surface area contributed by atoms with E-state index < -0.39 is 0 Å². The van der Waals surface area contributed by atoms with Gasteiger partial charge in [0.2, 0.25) is 0 Å². The van der Waals surface area contributed by atoms with Gasteiger partial charge in [-0.05, 0) is 47.7 Å². The van der Waals surface area contributed by atoms with E-state index in [0.717, 1.165) is 75.3 Å². The van der Waals surface area contributed by atoms with Crippen LogP contribution in [0.25, 0.3) is 33.3 Å². The first-order chi connectivity index (χ1) is 18.7. The SMILES string of the molecule is NCc1ccc(-c2nc3ccnc(CNC(=O)c4ccc5c(n4)NCCC5)c3cc2-c2ccccc2)cc1. The molecule has 4 heterocycles. The Bertz CT molecular complexity index is 1620. The molecule has 0 saturated heterocycles. The van der Waals surface area contributed by atoms with E-state index in [9.17, 15) is 4.79 Å². The van der Waals surface area contributed by atoms with Crippen molar-refractivity contribution >= 4 is 22.6 Å². The number of carbonyl (C=O) groups excluding carboxylic acids is 1. The van der Waals surface area contributed by atoms with Gasteiger partial charge in [-0.1, -0.05) is 60.7 Å². The van der Waals surface area contributed by atoms with Crippen LogP contribution in [0.5, 0.6) is 0 Å². The van der Waals surface area contributed by atoms with E-state index in [1.54, 1.807) is 12.3 Å². The van der Waals surface area contributed by atoms with Crippen LogP contribution >= 0.6 is 0 Å². The predicted octanol–water partition coefficient (Wildman–Crippen LogP) is 5.11. The van der Waals surface area contributed by atoms with E-state index in [4.69, 9.17) is 10.7 Å². The average molecular weight is 501 g/mol. The molecule has 0 atom stereocenters. The van der Waals surface area contributed by atoms with Crippen LogP contribution in [-0.2, 0) is 19.5 Å². The number of fused-ring (bicyclic) bond motifs is 2. The quantitative estimate of drug-likeness (QED) is 0.299. The fourth-order valence-electron chi connectivity index (χ4n) is 4.86. The molecule has 7 nitrogen and oxygen atoms in total. The van der Waals surface area contributed by atoms with Gasteiger partial charge in [0.05, 0.1) is 23.4 Å². The van der Waals surface area contributed by atoms with Gasteiger partial charge in [0, 0.05) is 35.8 Å². The number of amides is 1. The van der Waals surface area contributed by atoms with Crippen LogP contribution in [-0.4, -0.2) is 27.4 Å². The average Bonchev–Trinajstić information content (AvgIpc) is 2.99. The van der Waals surface area contributed by atoms with Gasteiger partial charge in [0.25, 0.3) is 5.91 Å². The largest absolute Gasteiger partial charge is 0.370 e. The smallest absolute Gasteiger partial charge is 0.270 e. The molecule has 2 aromatic carbocycles. The molecule has 188 valence electrons. The van der Waals surface area contributed by atoms with E-state index in [1.807, 2.05) is 42.5 Å². The standard InChI is InChI=1S/C31H28N6O/c32-18-20-8-10-22(11-9-20)29-24(21-5-2-1-3-6-21)17-25-26(36-29)14-16-33-28(25)19-35-31(38)27-13-12-23-7-4-15-34-30(23)37-27/h1-3,5-6,8-14,16-17H,4,7,15,18-19,32H2,(H,34,37)(H,35,38). The second-order valence-corrected chi connectivity index (χ2v) is 9.39. The van der Waals surface area contributed by atoms with Gasteiger partial charge in [0.1, 0.15) is 11.5 Å². The lowest BCUT2D eigenvalue weighted by atomic mass is 9.96. The summed E-state index contributed by atoms with van der Waals surface area (Å²) in [5.41, 5.74) is 14.0. The van der Waals surface area contributed by atoms with Crippen LogP contribution in [0.4, 0.5) is 5.82 Å². The van der Waals surface area contributed by atoms with Crippen molar-refractivity contribution in [1.29, 1.82) is 0 Å². The minimum absolute atomic E-state index is 0.230. The summed E-state index contributed by atoms with van der Waals surface area (Å²) in [6, 6.07) is 26.2. The Morgan fingerprint density at radius 2 is 1.79 bits per heavy atom. The molecule has 5 aromatic rings. The first-order valence-electron chi connectivity index (χ1n) is 12.8. The fraction of sp³-hybridized carbons (Fsp3) is 0.161. The van der Waals surface area contributed by atoms with Crippen LogP contribution < -0.4 is 16.4 Å². The molecule has 7 heteroatoms. The highest BCUT2D eigenvalue weighted by atomic mass is 16.1. The number of hydrogen-bond donors (Lipinski definition) is 3. The van der Waals surface area contributed by atoms with Gasteiger partial charge in [-0.3, -0.25) is 9.78 Å². The van der Waals surface area contributed by atoms with E-state index in [-0.39, 0.29) is 12.5 Å². The van der Waals surface area contributed by atoms with E-state index >= 15 is 0 Å². The van der Waals surface area contributed by atoms with Crippen LogP contribution in [0.2, 0.25) is 0 Å². The fourth-order valence-corrected chi connectivity index (χ4v) is 4.86. The maximum Gasteiger partial charge on any atom is 0.270 e. The number of benzene rings is 2. The molecule has 6 rings (SSSR count). The topological polar surface area (TPSA) is 106 Å². The summed E-state index contributed by atoms with van der Waals surface area (Å²) < 4.78 is 0. The van der Waals surface area contributed by atoms with Crippen molar-refractivity contribution < 1.29 is 4.79 Å². The predicted molar refractivity (Wildman–Crippen MR) is 151 cm³/mol. The number of pyridine rings is 3. The molecule has 0 unspecified atom stereocenters. The number of nitrogens with zero attached hydrogens (tertiary/aromatic N) is 3. The van der Waals surface area contributed by atoms with Crippen LogP contribution in [0.15, 0.2) is 85.1 Å². The summed E-state index contributed by atoms with van der Waals surface area (Å²) in [5.74, 6) is 0.572. The van der Waals surface area contributed by atoms with Crippen LogP contribution in [0.3, 0.4) is 0 Å². The van der Waals surface area contributed by atoms with Gasteiger partial charge >= 0.3 is 0 Å². The number of aromatic nitrogens is 3. The molecule has 0 fully saturated rings. The minimum Gasteiger partial charge on any atom is -0.370 e. The molecule has 3 aromatic heterocycles. The van der Waals surface area contributed by atoms with Crippen molar-refractivity contribution in [2.24, 2.45) is 5.73 Å². The van der Waals surface area contributed by atoms with Gasteiger partial charge in [-0.2, -0.15) is 0 Å². The Morgan fingerprint density at radius 1 is 0.947 bits per heavy atom. The van der Waals surface area contributed by atoms with Gasteiger partial charge in [0.15, 0.2) is 0 Å². The summed E-state index contributed by atoms with van der Waals surface area (Å²) in [4.78, 5) is 27.2. The third-order valence-electron chi connectivity index (χ3n) is 6.92. The maximum atomic E-state index is 13.0. The summed E-state index contributed by atoms with van der Waals surface area (Å²) in [7, 11) is 0. The molecule has 38 heavy (non-hydrogen) atoms. The third kappa shape index (κ3) is 4.71. The number of aryl methyl sites for hydroxylation is 1.